The van der Waals surface area contributed by atoms with Crippen LogP contribution in [0.15, 0.2) is 174 Å². The predicted molar refractivity (Wildman–Crippen MR) is 537 cm³/mol. The Balaban J connectivity index is 0.000000167. The van der Waals surface area contributed by atoms with E-state index in [1.54, 1.807) is 62.0 Å². The molecule has 1 amide bonds. The summed E-state index contributed by atoms with van der Waals surface area (Å²) in [6, 6.07) is 34.9. The zero-order chi connectivity index (χ0) is 103. The number of nitrogens with two attached hydrogens (primary N) is 5. The minimum absolute atomic E-state index is 0.0789. The molecule has 139 heavy (non-hydrogen) atoms. The third kappa shape index (κ3) is 23.1. The third-order valence-electron chi connectivity index (χ3n) is 22.0. The van der Waals surface area contributed by atoms with Crippen molar-refractivity contribution in [3.63, 3.8) is 0 Å². The molecular formula is C87H85Br2F10N23O8S9. The average Bonchev–Trinajstić information content (AvgIpc) is 1.56. The fourth-order valence-corrected chi connectivity index (χ4v) is 30.1. The molecule has 0 saturated carbocycles. The summed E-state index contributed by atoms with van der Waals surface area (Å²) < 4.78 is 226. The smallest absolute Gasteiger partial charge is 0.418 e. The summed E-state index contributed by atoms with van der Waals surface area (Å²) in [7, 11) is -6.31. The molecule has 734 valence electrons. The van der Waals surface area contributed by atoms with Crippen molar-refractivity contribution in [2.75, 3.05) is 76.4 Å². The van der Waals surface area contributed by atoms with Crippen molar-refractivity contribution in [1.29, 1.82) is 21.0 Å². The van der Waals surface area contributed by atoms with Gasteiger partial charge in [-0.25, -0.2) is 63.9 Å². The molecule has 5 aliphatic heterocycles. The largest absolute Gasteiger partial charge is 0.495 e. The number of ether oxygens (including phenoxy) is 1. The maximum atomic E-state index is 14.6. The number of nitrogens with one attached hydrogen (secondary N) is 1. The first-order chi connectivity index (χ1) is 64.2. The van der Waals surface area contributed by atoms with E-state index in [9.17, 15) is 74.0 Å². The van der Waals surface area contributed by atoms with E-state index < -0.39 is 135 Å². The van der Waals surface area contributed by atoms with Crippen LogP contribution in [-0.4, -0.2) is 192 Å². The van der Waals surface area contributed by atoms with E-state index in [4.69, 9.17) is 54.5 Å². The summed E-state index contributed by atoms with van der Waals surface area (Å²) in [5, 5.41) is 38.4. The molecule has 10 aromatic rings. The third-order valence-corrected chi connectivity index (χ3v) is 40.3. The highest BCUT2D eigenvalue weighted by atomic mass is 79.9. The van der Waals surface area contributed by atoms with Gasteiger partial charge in [0.15, 0.2) is 0 Å². The number of carbonyl (C=O) groups excluding carboxylic acids is 1. The number of sulfonamides is 1. The van der Waals surface area contributed by atoms with Gasteiger partial charge in [-0.05, 0) is 186 Å². The van der Waals surface area contributed by atoms with E-state index in [2.05, 4.69) is 113 Å². The standard InChI is InChI=1S/C19H19F4N5O4S.C18H17F3N4OS2.C17H17BrN4OS2.C17H16F3N5OS2.C16H16BrN5OS2/c1-18(9-33(30,31)28(2)17(24)27-18)12-6-10(4-5-14(12)20)26-16(29)15-13(19(21,22)23)7-11(32-3)8-25-15;1-17(10-28(3,26)25(2)16(23)24-17)15-13(18(19,20)21)8-14(27-15)12-6-4-5-11(7-12)9-22;1-17(10-25(3,23)22(2)16(20)21-17)15-13(18)8-14(24-15)12-6-4-5-11(7-12)9-19;1-16(9-28(3,26)25(2)15(22)24-16)14-12(17(18,19)20)5-13(27-14)11-4-10(6-21)7-23-8-11;1-16(9-25(3,23)22(2)15(19)21-16)14-12(17)5-13(24-14)11-4-10(6-18)7-20-8-11/h4-8H,9H2,1-3H3,(H2,24,27)(H,26,29);4-8H,3,10H2,1-2H3,(H2,23,24);4-8H,3,10H2,1-2H3,(H2,20,21);4-5,7-8H,3,9H2,1-2H3,(H2,22,24);4-5,7-8H,3,9H2,1-2H3,(H2,19,21)/t18-;17-,28?;17-,25?;16-,28?;16-,25?/m00000/s1. The van der Waals surface area contributed by atoms with Crippen molar-refractivity contribution >= 4 is 191 Å². The van der Waals surface area contributed by atoms with E-state index in [1.165, 1.54) is 101 Å². The van der Waals surface area contributed by atoms with Gasteiger partial charge >= 0.3 is 18.5 Å². The molecule has 12 heterocycles. The Bertz CT molecular complexity index is 7230. The fraction of sp³-hybridized carbons (Fsp3) is 0.276. The molecule has 4 unspecified atom stereocenters. The van der Waals surface area contributed by atoms with Gasteiger partial charge in [0.2, 0.25) is 39.8 Å². The first-order valence-electron chi connectivity index (χ1n) is 39.8. The molecule has 0 bridgehead atoms. The lowest BCUT2D eigenvalue weighted by atomic mass is 9.93. The van der Waals surface area contributed by atoms with Crippen molar-refractivity contribution in [2.45, 2.75) is 80.8 Å². The number of halogens is 12. The van der Waals surface area contributed by atoms with Gasteiger partial charge in [0.05, 0.1) is 132 Å². The van der Waals surface area contributed by atoms with E-state index in [0.29, 0.717) is 38.8 Å². The summed E-state index contributed by atoms with van der Waals surface area (Å²) in [5.41, 5.74) is 23.3. The Kier molecular flexibility index (Phi) is 30.4. The molecule has 0 spiro atoms. The Morgan fingerprint density at radius 3 is 1.12 bits per heavy atom. The highest BCUT2D eigenvalue weighted by Gasteiger charge is 2.50. The number of nitriles is 4. The number of aromatic nitrogens is 3. The van der Waals surface area contributed by atoms with E-state index in [1.807, 2.05) is 56.3 Å². The summed E-state index contributed by atoms with van der Waals surface area (Å²) in [4.78, 5) is 50.0. The van der Waals surface area contributed by atoms with Crippen LogP contribution >= 0.6 is 77.2 Å². The number of carbonyl (C=O) groups is 1. The Hall–Kier alpha value is -12.2. The van der Waals surface area contributed by atoms with Crippen molar-refractivity contribution in [1.82, 2.24) is 36.5 Å². The number of hydrogen-bond acceptors (Lipinski definition) is 29. The number of nitrogens with zero attached hydrogens (tertiary/aromatic N) is 17. The first-order valence-corrected chi connectivity index (χ1v) is 53.7. The number of pyridine rings is 3. The van der Waals surface area contributed by atoms with Gasteiger partial charge in [0.25, 0.3) is 5.91 Å². The molecule has 52 heteroatoms. The van der Waals surface area contributed by atoms with Crippen LogP contribution in [0.1, 0.15) is 109 Å². The number of thiophene rings is 4. The molecule has 0 saturated heterocycles. The lowest BCUT2D eigenvalue weighted by Crippen LogP contribution is -2.50. The molecule has 0 fully saturated rings. The maximum Gasteiger partial charge on any atom is 0.418 e. The number of aliphatic imine (C=N–C) groups is 5. The maximum absolute atomic E-state index is 14.6. The quantitative estimate of drug-likeness (QED) is 0.0489. The van der Waals surface area contributed by atoms with Crippen LogP contribution in [0.5, 0.6) is 5.75 Å². The fourth-order valence-electron chi connectivity index (χ4n) is 14.8. The molecular weight excluding hydrogens is 2130 g/mol. The van der Waals surface area contributed by atoms with Gasteiger partial charge in [-0.3, -0.25) is 32.0 Å². The van der Waals surface area contributed by atoms with Gasteiger partial charge in [0, 0.05) is 130 Å². The van der Waals surface area contributed by atoms with Gasteiger partial charge in [0.1, 0.15) is 57.1 Å². The van der Waals surface area contributed by atoms with Crippen LogP contribution in [0.25, 0.3) is 41.8 Å². The lowest BCUT2D eigenvalue weighted by Gasteiger charge is -2.37. The number of hydrogen-bond donors (Lipinski definition) is 6. The molecule has 5 aliphatic rings. The van der Waals surface area contributed by atoms with Gasteiger partial charge < -0.3 is 38.7 Å². The minimum Gasteiger partial charge on any atom is -0.495 e. The SMILES string of the molecule is C=S1(=O)C[C@@](C)(c2sc(-c3cccc(C#N)c3)cc2Br)N=C(N)N1C.C=S1(=O)C[C@@](C)(c2sc(-c3cccc(C#N)c3)cc2C(F)(F)F)N=C(N)N1C.C=S1(=O)C[C@@](C)(c2sc(-c3cncc(C#N)c3)cc2Br)N=C(N)N1C.C=S1(=O)C[C@@](C)(c2sc(-c3cncc(C#N)c3)cc2C(F)(F)F)N=C(N)N1C.COc1cnc(C(=O)Nc2ccc(F)c([C@]3(C)CS(=O)(=O)N(C)C(N)=N3)c2)c(C(F)(F)F)c1. The average molecular weight is 2220 g/mol. The monoisotopic (exact) mass is 2220 g/mol. The summed E-state index contributed by atoms with van der Waals surface area (Å²) >= 11 is 12.0. The van der Waals surface area contributed by atoms with E-state index >= 15 is 0 Å². The predicted octanol–water partition coefficient (Wildman–Crippen LogP) is 14.2. The highest BCUT2D eigenvalue weighted by molar-refractivity contribution is 9.11. The zero-order valence-electron chi connectivity index (χ0n) is 75.1. The van der Waals surface area contributed by atoms with Gasteiger partial charge in [-0.1, -0.05) is 24.3 Å². The molecule has 11 N–H and O–H groups in total. The van der Waals surface area contributed by atoms with E-state index in [0.717, 1.165) is 110 Å². The molecule has 0 radical (unpaired) electrons. The molecule has 0 aliphatic carbocycles. The molecule has 15 rings (SSSR count). The molecule has 9 atom stereocenters. The van der Waals surface area contributed by atoms with Crippen LogP contribution in [-0.2, 0) is 95.1 Å². The van der Waals surface area contributed by atoms with Gasteiger partial charge in [-0.15, -0.1) is 45.3 Å². The Morgan fingerprint density at radius 2 is 0.770 bits per heavy atom. The number of rotatable bonds is 12. The van der Waals surface area contributed by atoms with Crippen molar-refractivity contribution in [3.8, 4) is 71.8 Å². The number of alkyl halides is 9. The topological polar surface area (TPSA) is 483 Å². The second-order valence-electron chi connectivity index (χ2n) is 32.8. The van der Waals surface area contributed by atoms with Crippen LogP contribution < -0.4 is 38.7 Å². The number of methoxy groups -OCH3 is 1. The second-order valence-corrected chi connectivity index (χ2v) is 50.3. The first kappa shape index (κ1) is 107. The van der Waals surface area contributed by atoms with E-state index in [-0.39, 0.29) is 90.0 Å². The molecule has 7 aromatic heterocycles. The van der Waals surface area contributed by atoms with Crippen LogP contribution in [0.4, 0.5) is 49.6 Å². The summed E-state index contributed by atoms with van der Waals surface area (Å²) in [6.45, 7) is 8.10. The summed E-state index contributed by atoms with van der Waals surface area (Å²) in [6.07, 6.45) is -7.29. The minimum atomic E-state index is -4.90. The Morgan fingerprint density at radius 1 is 0.439 bits per heavy atom. The van der Waals surface area contributed by atoms with Crippen LogP contribution in [0.2, 0.25) is 0 Å². The second kappa shape index (κ2) is 39.5. The number of benzene rings is 3. The van der Waals surface area contributed by atoms with Crippen molar-refractivity contribution in [3.05, 3.63) is 225 Å². The van der Waals surface area contributed by atoms with Gasteiger partial charge in [-0.2, -0.15) is 60.6 Å². The van der Waals surface area contributed by atoms with Crippen LogP contribution in [0.3, 0.4) is 0 Å². The van der Waals surface area contributed by atoms with Crippen molar-refractivity contribution < 1.29 is 78.7 Å². The van der Waals surface area contributed by atoms with Crippen molar-refractivity contribution in [2.24, 2.45) is 53.6 Å². The number of anilines is 1. The zero-order valence-corrected chi connectivity index (χ0v) is 85.6. The number of amides is 1. The summed E-state index contributed by atoms with van der Waals surface area (Å²) in [5.74, 6) is 12.0. The normalized spacial score (nSPS) is 24.4. The molecule has 3 aromatic carbocycles. The molecule has 31 nitrogen and oxygen atoms in total. The lowest BCUT2D eigenvalue weighted by molar-refractivity contribution is -0.139. The number of guanidine groups is 5. The van der Waals surface area contributed by atoms with Crippen LogP contribution in [0, 0.1) is 51.1 Å². The Labute approximate surface area is 827 Å². The highest BCUT2D eigenvalue weighted by Crippen LogP contribution is 2.52.